The maximum Gasteiger partial charge on any atom is 0.118 e. The zero-order valence-electron chi connectivity index (χ0n) is 13.1. The van der Waals surface area contributed by atoms with E-state index >= 15 is 0 Å². The predicted molar refractivity (Wildman–Crippen MR) is 92.8 cm³/mol. The molecule has 2 nitrogen and oxygen atoms in total. The first-order valence-electron chi connectivity index (χ1n) is 7.30. The summed E-state index contributed by atoms with van der Waals surface area (Å²) in [5.74, 6) is 0.888. The van der Waals surface area contributed by atoms with E-state index < -0.39 is 0 Å². The predicted octanol–water partition coefficient (Wildman–Crippen LogP) is 5.03. The summed E-state index contributed by atoms with van der Waals surface area (Å²) in [4.78, 5) is 4.80. The van der Waals surface area contributed by atoms with Crippen LogP contribution in [0.25, 0.3) is 11.3 Å². The van der Waals surface area contributed by atoms with Gasteiger partial charge in [-0.3, -0.25) is 0 Å². The number of hydrogen-bond acceptors (Lipinski definition) is 3. The Morgan fingerprint density at radius 3 is 2.50 bits per heavy atom. The summed E-state index contributed by atoms with van der Waals surface area (Å²) >= 11 is 1.72. The van der Waals surface area contributed by atoms with Crippen molar-refractivity contribution in [2.45, 2.75) is 20.3 Å². The number of thiazole rings is 1. The van der Waals surface area contributed by atoms with Gasteiger partial charge in [-0.25, -0.2) is 4.98 Å². The fourth-order valence-corrected chi connectivity index (χ4v) is 3.36. The van der Waals surface area contributed by atoms with Gasteiger partial charge in [0.15, 0.2) is 0 Å². The quantitative estimate of drug-likeness (QED) is 0.674. The van der Waals surface area contributed by atoms with Crippen molar-refractivity contribution in [3.63, 3.8) is 0 Å². The SMILES string of the molecule is COc1ccc(Cc2nc(-c3ccc(C)cc3C)cs2)cc1. The van der Waals surface area contributed by atoms with Crippen molar-refractivity contribution >= 4 is 11.3 Å². The molecule has 0 radical (unpaired) electrons. The Kier molecular flexibility index (Phi) is 4.25. The Labute approximate surface area is 135 Å². The van der Waals surface area contributed by atoms with E-state index in [-0.39, 0.29) is 0 Å². The Balaban J connectivity index is 1.81. The number of benzene rings is 2. The lowest BCUT2D eigenvalue weighted by atomic mass is 10.0. The molecule has 3 heteroatoms. The third-order valence-corrected chi connectivity index (χ3v) is 4.57. The zero-order valence-corrected chi connectivity index (χ0v) is 13.9. The van der Waals surface area contributed by atoms with E-state index in [4.69, 9.17) is 9.72 Å². The van der Waals surface area contributed by atoms with Crippen LogP contribution in [0.2, 0.25) is 0 Å². The second-order valence-electron chi connectivity index (χ2n) is 5.47. The van der Waals surface area contributed by atoms with Crippen LogP contribution in [0.3, 0.4) is 0 Å². The van der Waals surface area contributed by atoms with Gasteiger partial charge in [-0.1, -0.05) is 35.9 Å². The van der Waals surface area contributed by atoms with Crippen LogP contribution in [0, 0.1) is 13.8 Å². The second-order valence-corrected chi connectivity index (χ2v) is 6.41. The number of rotatable bonds is 4. The van der Waals surface area contributed by atoms with Gasteiger partial charge in [-0.05, 0) is 37.1 Å². The minimum Gasteiger partial charge on any atom is -0.497 e. The number of aromatic nitrogens is 1. The summed E-state index contributed by atoms with van der Waals surface area (Å²) < 4.78 is 5.19. The molecular weight excluding hydrogens is 290 g/mol. The molecule has 0 N–H and O–H groups in total. The van der Waals surface area contributed by atoms with E-state index in [1.165, 1.54) is 22.3 Å². The molecule has 0 bridgehead atoms. The molecule has 0 aliphatic rings. The molecule has 0 aliphatic heterocycles. The Morgan fingerprint density at radius 2 is 1.82 bits per heavy atom. The Bertz CT molecular complexity index is 774. The van der Waals surface area contributed by atoms with Crippen molar-refractivity contribution in [3.8, 4) is 17.0 Å². The Morgan fingerprint density at radius 1 is 1.05 bits per heavy atom. The summed E-state index contributed by atoms with van der Waals surface area (Å²) in [5, 5.41) is 3.29. The number of nitrogens with zero attached hydrogens (tertiary/aromatic N) is 1. The first-order valence-corrected chi connectivity index (χ1v) is 8.18. The number of hydrogen-bond donors (Lipinski definition) is 0. The van der Waals surface area contributed by atoms with Gasteiger partial charge in [0.05, 0.1) is 17.8 Å². The van der Waals surface area contributed by atoms with Gasteiger partial charge in [-0.2, -0.15) is 0 Å². The highest BCUT2D eigenvalue weighted by atomic mass is 32.1. The maximum absolute atomic E-state index is 5.19. The molecule has 2 aromatic carbocycles. The van der Waals surface area contributed by atoms with E-state index in [1.807, 2.05) is 12.1 Å². The average molecular weight is 309 g/mol. The molecule has 0 fully saturated rings. The molecule has 0 atom stereocenters. The summed E-state index contributed by atoms with van der Waals surface area (Å²) in [7, 11) is 1.69. The van der Waals surface area contributed by atoms with Crippen molar-refractivity contribution in [2.75, 3.05) is 7.11 Å². The van der Waals surface area contributed by atoms with Crippen LogP contribution in [0.5, 0.6) is 5.75 Å². The molecule has 1 heterocycles. The van der Waals surface area contributed by atoms with Crippen LogP contribution in [0.1, 0.15) is 21.7 Å². The summed E-state index contributed by atoms with van der Waals surface area (Å²) in [5.41, 5.74) is 6.12. The average Bonchev–Trinajstić information content (AvgIpc) is 2.96. The molecule has 0 saturated carbocycles. The minimum absolute atomic E-state index is 0.861. The molecule has 112 valence electrons. The van der Waals surface area contributed by atoms with E-state index in [0.29, 0.717) is 0 Å². The molecule has 22 heavy (non-hydrogen) atoms. The van der Waals surface area contributed by atoms with E-state index in [9.17, 15) is 0 Å². The lowest BCUT2D eigenvalue weighted by Crippen LogP contribution is -1.90. The molecule has 1 aromatic heterocycles. The lowest BCUT2D eigenvalue weighted by Gasteiger charge is -2.04. The topological polar surface area (TPSA) is 22.1 Å². The van der Waals surface area contributed by atoms with Crippen LogP contribution < -0.4 is 4.74 Å². The van der Waals surface area contributed by atoms with Crippen molar-refractivity contribution in [2.24, 2.45) is 0 Å². The van der Waals surface area contributed by atoms with Gasteiger partial charge in [-0.15, -0.1) is 11.3 Å². The van der Waals surface area contributed by atoms with Gasteiger partial charge in [0.2, 0.25) is 0 Å². The Hall–Kier alpha value is -2.13. The van der Waals surface area contributed by atoms with Crippen LogP contribution in [0.15, 0.2) is 47.8 Å². The molecule has 0 saturated heterocycles. The van der Waals surface area contributed by atoms with E-state index in [0.717, 1.165) is 22.9 Å². The van der Waals surface area contributed by atoms with Gasteiger partial charge >= 0.3 is 0 Å². The monoisotopic (exact) mass is 309 g/mol. The third kappa shape index (κ3) is 3.20. The molecule has 0 spiro atoms. The molecule has 0 amide bonds. The number of aryl methyl sites for hydroxylation is 2. The van der Waals surface area contributed by atoms with E-state index in [2.05, 4.69) is 49.6 Å². The molecule has 0 unspecified atom stereocenters. The number of ether oxygens (including phenoxy) is 1. The highest BCUT2D eigenvalue weighted by Gasteiger charge is 2.08. The first kappa shape index (κ1) is 14.8. The maximum atomic E-state index is 5.19. The normalized spacial score (nSPS) is 10.7. The molecule has 0 aliphatic carbocycles. The van der Waals surface area contributed by atoms with Crippen molar-refractivity contribution in [1.29, 1.82) is 0 Å². The highest BCUT2D eigenvalue weighted by molar-refractivity contribution is 7.10. The summed E-state index contributed by atoms with van der Waals surface area (Å²) in [6.07, 6.45) is 0.861. The van der Waals surface area contributed by atoms with Crippen molar-refractivity contribution in [1.82, 2.24) is 4.98 Å². The highest BCUT2D eigenvalue weighted by Crippen LogP contribution is 2.27. The first-order chi connectivity index (χ1) is 10.7. The van der Waals surface area contributed by atoms with Crippen LogP contribution >= 0.6 is 11.3 Å². The molecule has 3 rings (SSSR count). The van der Waals surface area contributed by atoms with Crippen LogP contribution in [-0.4, -0.2) is 12.1 Å². The van der Waals surface area contributed by atoms with Gasteiger partial charge in [0, 0.05) is 17.4 Å². The standard InChI is InChI=1S/C19H19NOS/c1-13-4-9-17(14(2)10-13)18-12-22-19(20-18)11-15-5-7-16(21-3)8-6-15/h4-10,12H,11H2,1-3H3. The van der Waals surface area contributed by atoms with Crippen molar-refractivity contribution < 1.29 is 4.74 Å². The van der Waals surface area contributed by atoms with Crippen molar-refractivity contribution in [3.05, 3.63) is 69.5 Å². The van der Waals surface area contributed by atoms with Gasteiger partial charge < -0.3 is 4.74 Å². The second kappa shape index (κ2) is 6.32. The fraction of sp³-hybridized carbons (Fsp3) is 0.211. The largest absolute Gasteiger partial charge is 0.497 e. The summed E-state index contributed by atoms with van der Waals surface area (Å²) in [6, 6.07) is 14.7. The van der Waals surface area contributed by atoms with Crippen LogP contribution in [0.4, 0.5) is 0 Å². The third-order valence-electron chi connectivity index (χ3n) is 3.72. The van der Waals surface area contributed by atoms with Gasteiger partial charge in [0.1, 0.15) is 5.75 Å². The summed E-state index contributed by atoms with van der Waals surface area (Å²) in [6.45, 7) is 4.26. The van der Waals surface area contributed by atoms with Crippen LogP contribution in [-0.2, 0) is 6.42 Å². The van der Waals surface area contributed by atoms with E-state index in [1.54, 1.807) is 18.4 Å². The minimum atomic E-state index is 0.861. The molecule has 3 aromatic rings. The lowest BCUT2D eigenvalue weighted by molar-refractivity contribution is 0.414. The number of methoxy groups -OCH3 is 1. The molecular formula is C19H19NOS. The fourth-order valence-electron chi connectivity index (χ4n) is 2.53. The smallest absolute Gasteiger partial charge is 0.118 e. The zero-order chi connectivity index (χ0) is 15.5. The van der Waals surface area contributed by atoms with Gasteiger partial charge in [0.25, 0.3) is 0 Å².